The first-order valence-corrected chi connectivity index (χ1v) is 8.25. The van der Waals surface area contributed by atoms with Crippen molar-refractivity contribution in [2.75, 3.05) is 11.9 Å². The minimum Gasteiger partial charge on any atom is -0.452 e. The summed E-state index contributed by atoms with van der Waals surface area (Å²) in [6.07, 6.45) is 2.77. The van der Waals surface area contributed by atoms with Crippen LogP contribution in [-0.2, 0) is 14.3 Å². The molecule has 0 unspecified atom stereocenters. The maximum absolute atomic E-state index is 11.9. The average Bonchev–Trinajstić information content (AvgIpc) is 2.61. The number of anilines is 1. The first-order chi connectivity index (χ1) is 12.4. The Hall–Kier alpha value is -2.92. The fourth-order valence-corrected chi connectivity index (χ4v) is 2.34. The summed E-state index contributed by atoms with van der Waals surface area (Å²) in [5.74, 6) is -1.35. The van der Waals surface area contributed by atoms with Gasteiger partial charge in [0, 0.05) is 16.7 Å². The molecule has 0 bridgehead atoms. The van der Waals surface area contributed by atoms with E-state index in [1.807, 2.05) is 19.1 Å². The molecule has 5 nitrogen and oxygen atoms in total. The van der Waals surface area contributed by atoms with E-state index in [0.29, 0.717) is 16.3 Å². The largest absolute Gasteiger partial charge is 0.452 e. The topological polar surface area (TPSA) is 72.5 Å². The molecular formula is C20H18ClNO4. The third kappa shape index (κ3) is 5.57. The van der Waals surface area contributed by atoms with Crippen LogP contribution in [0.5, 0.6) is 0 Å². The molecule has 1 N–H and O–H groups in total. The highest BCUT2D eigenvalue weighted by molar-refractivity contribution is 6.31. The lowest BCUT2D eigenvalue weighted by molar-refractivity contribution is -0.142. The van der Waals surface area contributed by atoms with Gasteiger partial charge < -0.3 is 10.1 Å². The number of Topliss-reactive ketones (excluding diaryl/α,β-unsaturated/α-hetero) is 1. The van der Waals surface area contributed by atoms with E-state index in [2.05, 4.69) is 5.32 Å². The molecule has 0 heterocycles. The van der Waals surface area contributed by atoms with Crippen molar-refractivity contribution in [3.63, 3.8) is 0 Å². The van der Waals surface area contributed by atoms with Crippen LogP contribution in [0.1, 0.15) is 28.4 Å². The quantitative estimate of drug-likeness (QED) is 0.472. The van der Waals surface area contributed by atoms with Crippen molar-refractivity contribution in [3.05, 3.63) is 70.3 Å². The van der Waals surface area contributed by atoms with Gasteiger partial charge in [0.1, 0.15) is 0 Å². The predicted octanol–water partition coefficient (Wildman–Crippen LogP) is 4.05. The van der Waals surface area contributed by atoms with E-state index < -0.39 is 18.5 Å². The molecule has 0 saturated carbocycles. The zero-order valence-electron chi connectivity index (χ0n) is 14.4. The van der Waals surface area contributed by atoms with Crippen LogP contribution in [-0.4, -0.2) is 24.3 Å². The summed E-state index contributed by atoms with van der Waals surface area (Å²) in [4.78, 5) is 35.2. The van der Waals surface area contributed by atoms with Crippen molar-refractivity contribution in [2.45, 2.75) is 13.8 Å². The number of rotatable bonds is 6. The van der Waals surface area contributed by atoms with E-state index in [-0.39, 0.29) is 5.78 Å². The summed E-state index contributed by atoms with van der Waals surface area (Å²) in [5.41, 5.74) is 2.46. The molecule has 2 aromatic rings. The molecular weight excluding hydrogens is 354 g/mol. The first-order valence-electron chi connectivity index (χ1n) is 7.87. The number of para-hydroxylation sites is 1. The number of carbonyl (C=O) groups is 3. The summed E-state index contributed by atoms with van der Waals surface area (Å²) in [5, 5.41) is 3.16. The van der Waals surface area contributed by atoms with Crippen molar-refractivity contribution >= 4 is 41.0 Å². The SMILES string of the molecule is CC(=O)c1ccccc1NC(=O)COC(=O)/C=C/c1ccc(C)c(Cl)c1. The Labute approximate surface area is 156 Å². The van der Waals surface area contributed by atoms with Gasteiger partial charge in [-0.1, -0.05) is 35.9 Å². The third-order valence-corrected chi connectivity index (χ3v) is 3.94. The fourth-order valence-electron chi connectivity index (χ4n) is 2.15. The molecule has 0 atom stereocenters. The molecule has 0 spiro atoms. The van der Waals surface area contributed by atoms with Crippen LogP contribution in [0, 0.1) is 6.92 Å². The second kappa shape index (κ2) is 8.97. The van der Waals surface area contributed by atoms with Crippen LogP contribution in [0.3, 0.4) is 0 Å². The smallest absolute Gasteiger partial charge is 0.331 e. The van der Waals surface area contributed by atoms with Gasteiger partial charge in [-0.25, -0.2) is 4.79 Å². The van der Waals surface area contributed by atoms with Gasteiger partial charge in [-0.05, 0) is 49.2 Å². The van der Waals surface area contributed by atoms with E-state index in [9.17, 15) is 14.4 Å². The summed E-state index contributed by atoms with van der Waals surface area (Å²) >= 11 is 6.02. The van der Waals surface area contributed by atoms with Gasteiger partial charge in [0.05, 0.1) is 5.69 Å². The van der Waals surface area contributed by atoms with Gasteiger partial charge in [0.15, 0.2) is 12.4 Å². The van der Waals surface area contributed by atoms with Gasteiger partial charge in [-0.3, -0.25) is 9.59 Å². The van der Waals surface area contributed by atoms with Gasteiger partial charge in [0.25, 0.3) is 5.91 Å². The van der Waals surface area contributed by atoms with Crippen LogP contribution in [0.25, 0.3) is 6.08 Å². The average molecular weight is 372 g/mol. The summed E-state index contributed by atoms with van der Waals surface area (Å²) in [7, 11) is 0. The number of halogens is 1. The molecule has 0 saturated heterocycles. The Morgan fingerprint density at radius 3 is 2.58 bits per heavy atom. The van der Waals surface area contributed by atoms with E-state index >= 15 is 0 Å². The highest BCUT2D eigenvalue weighted by Crippen LogP contribution is 2.17. The first kappa shape index (κ1) is 19.4. The zero-order chi connectivity index (χ0) is 19.1. The Kier molecular flexibility index (Phi) is 6.69. The van der Waals surface area contributed by atoms with E-state index in [1.54, 1.807) is 36.4 Å². The minimum atomic E-state index is -0.656. The van der Waals surface area contributed by atoms with Crippen LogP contribution in [0.4, 0.5) is 5.69 Å². The Bertz CT molecular complexity index is 874. The second-order valence-corrected chi connectivity index (χ2v) is 6.01. The van der Waals surface area contributed by atoms with Crippen molar-refractivity contribution in [2.24, 2.45) is 0 Å². The molecule has 0 aliphatic rings. The molecule has 0 aliphatic heterocycles. The molecule has 2 aromatic carbocycles. The Morgan fingerprint density at radius 1 is 1.15 bits per heavy atom. The number of ether oxygens (including phenoxy) is 1. The molecule has 0 radical (unpaired) electrons. The predicted molar refractivity (Wildman–Crippen MR) is 101 cm³/mol. The maximum Gasteiger partial charge on any atom is 0.331 e. The van der Waals surface area contributed by atoms with Gasteiger partial charge in [0.2, 0.25) is 0 Å². The number of ketones is 1. The Balaban J connectivity index is 1.89. The number of hydrogen-bond donors (Lipinski definition) is 1. The van der Waals surface area contributed by atoms with Crippen LogP contribution < -0.4 is 5.32 Å². The van der Waals surface area contributed by atoms with Crippen LogP contribution in [0.15, 0.2) is 48.5 Å². The molecule has 0 fully saturated rings. The lowest BCUT2D eigenvalue weighted by atomic mass is 10.1. The highest BCUT2D eigenvalue weighted by Gasteiger charge is 2.10. The third-order valence-electron chi connectivity index (χ3n) is 3.53. The highest BCUT2D eigenvalue weighted by atomic mass is 35.5. The lowest BCUT2D eigenvalue weighted by Gasteiger charge is -2.08. The van der Waals surface area contributed by atoms with Crippen molar-refractivity contribution < 1.29 is 19.1 Å². The Morgan fingerprint density at radius 2 is 1.88 bits per heavy atom. The number of amides is 1. The zero-order valence-corrected chi connectivity index (χ0v) is 15.2. The standard InChI is InChI=1S/C20H18ClNO4/c1-13-7-8-15(11-17(13)21)9-10-20(25)26-12-19(24)22-18-6-4-3-5-16(18)14(2)23/h3-11H,12H2,1-2H3,(H,22,24)/b10-9+. The lowest BCUT2D eigenvalue weighted by Crippen LogP contribution is -2.21. The monoisotopic (exact) mass is 371 g/mol. The number of hydrogen-bond acceptors (Lipinski definition) is 4. The fraction of sp³-hybridized carbons (Fsp3) is 0.150. The van der Waals surface area contributed by atoms with Crippen LogP contribution in [0.2, 0.25) is 5.02 Å². The molecule has 1 amide bonds. The molecule has 2 rings (SSSR count). The molecule has 0 aliphatic carbocycles. The molecule has 26 heavy (non-hydrogen) atoms. The molecule has 6 heteroatoms. The number of benzene rings is 2. The van der Waals surface area contributed by atoms with Gasteiger partial charge >= 0.3 is 5.97 Å². The van der Waals surface area contributed by atoms with Crippen molar-refractivity contribution in [1.82, 2.24) is 0 Å². The minimum absolute atomic E-state index is 0.169. The van der Waals surface area contributed by atoms with E-state index in [4.69, 9.17) is 16.3 Å². The summed E-state index contributed by atoms with van der Waals surface area (Å²) in [6.45, 7) is 2.84. The second-order valence-electron chi connectivity index (χ2n) is 5.60. The van der Waals surface area contributed by atoms with Crippen molar-refractivity contribution in [3.8, 4) is 0 Å². The summed E-state index contributed by atoms with van der Waals surface area (Å²) < 4.78 is 4.90. The molecule has 0 aromatic heterocycles. The number of aryl methyl sites for hydroxylation is 1. The van der Waals surface area contributed by atoms with Crippen LogP contribution >= 0.6 is 11.6 Å². The van der Waals surface area contributed by atoms with E-state index in [0.717, 1.165) is 11.1 Å². The van der Waals surface area contributed by atoms with E-state index in [1.165, 1.54) is 13.0 Å². The normalized spacial score (nSPS) is 10.6. The maximum atomic E-state index is 11.9. The number of carbonyl (C=O) groups excluding carboxylic acids is 3. The van der Waals surface area contributed by atoms with Gasteiger partial charge in [-0.15, -0.1) is 0 Å². The van der Waals surface area contributed by atoms with Crippen molar-refractivity contribution in [1.29, 1.82) is 0 Å². The molecule has 134 valence electrons. The number of esters is 1. The van der Waals surface area contributed by atoms with Gasteiger partial charge in [-0.2, -0.15) is 0 Å². The number of nitrogens with one attached hydrogen (secondary N) is 1. The summed E-state index contributed by atoms with van der Waals surface area (Å²) in [6, 6.07) is 12.0.